The van der Waals surface area contributed by atoms with Crippen LogP contribution in [-0.4, -0.2) is 64.5 Å². The minimum Gasteiger partial charge on any atom is -0.497 e. The number of carbonyl (C=O) groups excluding carboxylic acids is 1. The van der Waals surface area contributed by atoms with Crippen molar-refractivity contribution < 1.29 is 14.3 Å². The Bertz CT molecular complexity index is 1340. The fourth-order valence-corrected chi connectivity index (χ4v) is 4.74. The van der Waals surface area contributed by atoms with Gasteiger partial charge in [-0.25, -0.2) is 4.98 Å². The molecule has 2 aromatic carbocycles. The quantitative estimate of drug-likeness (QED) is 0.372. The van der Waals surface area contributed by atoms with E-state index in [1.807, 2.05) is 36.4 Å². The predicted octanol–water partition coefficient (Wildman–Crippen LogP) is 2.83. The van der Waals surface area contributed by atoms with Gasteiger partial charge in [-0.3, -0.25) is 14.2 Å². The van der Waals surface area contributed by atoms with Gasteiger partial charge in [-0.2, -0.15) is 0 Å². The fraction of sp³-hybridized carbons (Fsp3) is 0.261. The first-order valence-electron chi connectivity index (χ1n) is 10.3. The van der Waals surface area contributed by atoms with Crippen LogP contribution in [0.5, 0.6) is 5.75 Å². The standard InChI is InChI=1S/C23H22N4O4S/c1-30-16-8-6-15(7-9-16)27-22(29)21-20(17-4-2-3-5-18(17)24-21)25-23(27)32-14-19(28)26-10-12-31-13-11-26/h2-9,24H,10-14H2,1H3. The van der Waals surface area contributed by atoms with Crippen molar-refractivity contribution in [3.05, 3.63) is 58.9 Å². The maximum Gasteiger partial charge on any atom is 0.283 e. The molecule has 1 saturated heterocycles. The van der Waals surface area contributed by atoms with Crippen LogP contribution in [-0.2, 0) is 9.53 Å². The summed E-state index contributed by atoms with van der Waals surface area (Å²) in [4.78, 5) is 36.1. The van der Waals surface area contributed by atoms with Gasteiger partial charge < -0.3 is 19.4 Å². The molecule has 9 heteroatoms. The minimum absolute atomic E-state index is 0.00727. The average Bonchev–Trinajstić information content (AvgIpc) is 3.22. The number of hydrogen-bond donors (Lipinski definition) is 1. The largest absolute Gasteiger partial charge is 0.497 e. The van der Waals surface area contributed by atoms with Crippen LogP contribution >= 0.6 is 11.8 Å². The number of carbonyl (C=O) groups is 1. The first-order chi connectivity index (χ1) is 15.7. The first kappa shape index (κ1) is 20.6. The van der Waals surface area contributed by atoms with Gasteiger partial charge in [0.25, 0.3) is 5.56 Å². The lowest BCUT2D eigenvalue weighted by Gasteiger charge is -2.26. The number of benzene rings is 2. The molecule has 0 spiro atoms. The maximum atomic E-state index is 13.6. The molecule has 8 nitrogen and oxygen atoms in total. The number of aromatic amines is 1. The summed E-state index contributed by atoms with van der Waals surface area (Å²) in [6, 6.07) is 14.9. The molecule has 4 aromatic rings. The lowest BCUT2D eigenvalue weighted by molar-refractivity contribution is -0.132. The van der Waals surface area contributed by atoms with Gasteiger partial charge in [-0.15, -0.1) is 0 Å². The molecule has 1 aliphatic heterocycles. The topological polar surface area (TPSA) is 89.4 Å². The third-order valence-electron chi connectivity index (χ3n) is 5.51. The Morgan fingerprint density at radius 1 is 1.16 bits per heavy atom. The second-order valence-corrected chi connectivity index (χ2v) is 8.35. The molecule has 0 aliphatic carbocycles. The molecular formula is C23H22N4O4S. The molecule has 3 heterocycles. The molecular weight excluding hydrogens is 428 g/mol. The summed E-state index contributed by atoms with van der Waals surface area (Å²) in [5.74, 6) is 0.891. The fourth-order valence-electron chi connectivity index (χ4n) is 3.83. The summed E-state index contributed by atoms with van der Waals surface area (Å²) < 4.78 is 12.1. The summed E-state index contributed by atoms with van der Waals surface area (Å²) in [5.41, 5.74) is 2.34. The number of nitrogens with zero attached hydrogens (tertiary/aromatic N) is 3. The number of nitrogens with one attached hydrogen (secondary N) is 1. The van der Waals surface area contributed by atoms with Crippen LogP contribution in [0.2, 0.25) is 0 Å². The van der Waals surface area contributed by atoms with Gasteiger partial charge >= 0.3 is 0 Å². The highest BCUT2D eigenvalue weighted by molar-refractivity contribution is 7.99. The molecule has 5 rings (SSSR count). The molecule has 0 radical (unpaired) electrons. The van der Waals surface area contributed by atoms with Gasteiger partial charge in [0.15, 0.2) is 5.16 Å². The summed E-state index contributed by atoms with van der Waals surface area (Å²) in [6.45, 7) is 2.26. The highest BCUT2D eigenvalue weighted by Crippen LogP contribution is 2.27. The normalized spacial score (nSPS) is 14.2. The molecule has 1 N–H and O–H groups in total. The molecule has 0 unspecified atom stereocenters. The Labute approximate surface area is 188 Å². The number of aromatic nitrogens is 3. The van der Waals surface area contributed by atoms with Crippen molar-refractivity contribution in [1.29, 1.82) is 0 Å². The molecule has 0 bridgehead atoms. The summed E-state index contributed by atoms with van der Waals surface area (Å²) >= 11 is 1.27. The summed E-state index contributed by atoms with van der Waals surface area (Å²) in [6.07, 6.45) is 0. The van der Waals surface area contributed by atoms with E-state index in [9.17, 15) is 9.59 Å². The molecule has 2 aromatic heterocycles. The van der Waals surface area contributed by atoms with E-state index >= 15 is 0 Å². The molecule has 0 atom stereocenters. The Hall–Kier alpha value is -3.30. The van der Waals surface area contributed by atoms with Crippen LogP contribution in [0.3, 0.4) is 0 Å². The number of morpholine rings is 1. The number of H-pyrrole nitrogens is 1. The zero-order valence-electron chi connectivity index (χ0n) is 17.5. The number of para-hydroxylation sites is 1. The van der Waals surface area contributed by atoms with E-state index in [0.717, 1.165) is 10.9 Å². The molecule has 1 aliphatic rings. The number of ether oxygens (including phenoxy) is 2. The minimum atomic E-state index is -0.210. The molecule has 0 saturated carbocycles. The van der Waals surface area contributed by atoms with Crippen LogP contribution in [0.15, 0.2) is 58.5 Å². The summed E-state index contributed by atoms with van der Waals surface area (Å²) in [5, 5.41) is 1.35. The first-order valence-corrected chi connectivity index (χ1v) is 11.3. The zero-order valence-corrected chi connectivity index (χ0v) is 18.4. The zero-order chi connectivity index (χ0) is 22.1. The van der Waals surface area contributed by atoms with Crippen molar-refractivity contribution in [3.63, 3.8) is 0 Å². The van der Waals surface area contributed by atoms with Crippen molar-refractivity contribution in [2.75, 3.05) is 39.2 Å². The Kier molecular flexibility index (Phi) is 5.59. The van der Waals surface area contributed by atoms with Crippen LogP contribution in [0.4, 0.5) is 0 Å². The van der Waals surface area contributed by atoms with E-state index in [4.69, 9.17) is 14.5 Å². The van der Waals surface area contributed by atoms with Crippen molar-refractivity contribution in [3.8, 4) is 11.4 Å². The van der Waals surface area contributed by atoms with Gasteiger partial charge in [0.05, 0.1) is 31.8 Å². The molecule has 1 fully saturated rings. The van der Waals surface area contributed by atoms with Crippen LogP contribution in [0.1, 0.15) is 0 Å². The van der Waals surface area contributed by atoms with Gasteiger partial charge in [0, 0.05) is 24.0 Å². The number of hydrogen-bond acceptors (Lipinski definition) is 6. The van der Waals surface area contributed by atoms with Gasteiger partial charge in [0.2, 0.25) is 5.91 Å². The second-order valence-electron chi connectivity index (χ2n) is 7.41. The molecule has 164 valence electrons. The van der Waals surface area contributed by atoms with Crippen LogP contribution < -0.4 is 10.3 Å². The number of thioether (sulfide) groups is 1. The predicted molar refractivity (Wildman–Crippen MR) is 124 cm³/mol. The third kappa shape index (κ3) is 3.74. The maximum absolute atomic E-state index is 13.6. The van der Waals surface area contributed by atoms with Gasteiger partial charge in [-0.05, 0) is 30.3 Å². The molecule has 1 amide bonds. The van der Waals surface area contributed by atoms with Crippen LogP contribution in [0.25, 0.3) is 27.6 Å². The van der Waals surface area contributed by atoms with Gasteiger partial charge in [0.1, 0.15) is 16.8 Å². The second kappa shape index (κ2) is 8.68. The lowest BCUT2D eigenvalue weighted by Crippen LogP contribution is -2.41. The Morgan fingerprint density at radius 3 is 2.66 bits per heavy atom. The number of methoxy groups -OCH3 is 1. The smallest absolute Gasteiger partial charge is 0.283 e. The molecule has 32 heavy (non-hydrogen) atoms. The number of fused-ring (bicyclic) bond motifs is 3. The van der Waals surface area contributed by atoms with Crippen molar-refractivity contribution >= 4 is 39.6 Å². The van der Waals surface area contributed by atoms with E-state index in [1.54, 1.807) is 28.7 Å². The van der Waals surface area contributed by atoms with Crippen molar-refractivity contribution in [2.45, 2.75) is 5.16 Å². The Balaban J connectivity index is 1.60. The number of amides is 1. The van der Waals surface area contributed by atoms with Crippen molar-refractivity contribution in [2.24, 2.45) is 0 Å². The number of rotatable bonds is 5. The average molecular weight is 451 g/mol. The van der Waals surface area contributed by atoms with Crippen LogP contribution in [0, 0.1) is 0 Å². The van der Waals surface area contributed by atoms with Gasteiger partial charge in [-0.1, -0.05) is 30.0 Å². The highest BCUT2D eigenvalue weighted by atomic mass is 32.2. The van der Waals surface area contributed by atoms with E-state index in [0.29, 0.717) is 53.9 Å². The Morgan fingerprint density at radius 2 is 1.91 bits per heavy atom. The summed E-state index contributed by atoms with van der Waals surface area (Å²) in [7, 11) is 1.60. The van der Waals surface area contributed by atoms with E-state index in [2.05, 4.69) is 4.98 Å². The highest BCUT2D eigenvalue weighted by Gasteiger charge is 2.21. The SMILES string of the molecule is COc1ccc(-n2c(SCC(=O)N3CCOCC3)nc3c([nH]c4ccccc43)c2=O)cc1. The van der Waals surface area contributed by atoms with E-state index < -0.39 is 0 Å². The van der Waals surface area contributed by atoms with Crippen molar-refractivity contribution in [1.82, 2.24) is 19.4 Å². The van der Waals surface area contributed by atoms with E-state index in [-0.39, 0.29) is 17.2 Å². The monoisotopic (exact) mass is 450 g/mol. The van der Waals surface area contributed by atoms with E-state index in [1.165, 1.54) is 11.8 Å². The third-order valence-corrected chi connectivity index (χ3v) is 6.44. The lowest BCUT2D eigenvalue weighted by atomic mass is 10.2.